The highest BCUT2D eigenvalue weighted by atomic mass is 16.3. The summed E-state index contributed by atoms with van der Waals surface area (Å²) in [6.45, 7) is 6.96. The molecule has 0 spiro atoms. The zero-order valence-corrected chi connectivity index (χ0v) is 9.90. The number of carbonyl (C=O) groups excluding carboxylic acids is 1. The second kappa shape index (κ2) is 5.49. The van der Waals surface area contributed by atoms with E-state index in [1.54, 1.807) is 0 Å². The van der Waals surface area contributed by atoms with E-state index in [1.807, 2.05) is 0 Å². The van der Waals surface area contributed by atoms with Crippen molar-refractivity contribution in [2.45, 2.75) is 20.8 Å². The normalized spacial score (nSPS) is 12.5. The number of aromatic nitrogens is 1. The summed E-state index contributed by atoms with van der Waals surface area (Å²) in [7, 11) is 0. The van der Waals surface area contributed by atoms with Crippen molar-refractivity contribution in [3.8, 4) is 5.75 Å². The zero-order chi connectivity index (χ0) is 12.1. The average molecular weight is 222 g/mol. The lowest BCUT2D eigenvalue weighted by atomic mass is 9.98. The van der Waals surface area contributed by atoms with Gasteiger partial charge in [-0.2, -0.15) is 0 Å². The average Bonchev–Trinajstić information content (AvgIpc) is 2.25. The van der Waals surface area contributed by atoms with E-state index in [9.17, 15) is 9.90 Å². The van der Waals surface area contributed by atoms with Gasteiger partial charge in [0.05, 0.1) is 11.8 Å². The molecule has 0 aliphatic carbocycles. The van der Waals surface area contributed by atoms with Gasteiger partial charge >= 0.3 is 0 Å². The molecule has 1 heterocycles. The Bertz CT molecular complexity index is 364. The number of aromatic hydroxyl groups is 1. The first-order valence-electron chi connectivity index (χ1n) is 5.43. The Hall–Kier alpha value is -1.58. The Morgan fingerprint density at radius 3 is 2.69 bits per heavy atom. The summed E-state index contributed by atoms with van der Waals surface area (Å²) in [5.41, 5.74) is 0.385. The van der Waals surface area contributed by atoms with Crippen molar-refractivity contribution in [3.63, 3.8) is 0 Å². The van der Waals surface area contributed by atoms with E-state index in [0.29, 0.717) is 23.9 Å². The maximum Gasteiger partial charge on any atom is 0.252 e. The molecule has 0 bridgehead atoms. The minimum atomic E-state index is -0.198. The first-order valence-corrected chi connectivity index (χ1v) is 5.43. The van der Waals surface area contributed by atoms with Crippen LogP contribution in [0.4, 0.5) is 0 Å². The zero-order valence-electron chi connectivity index (χ0n) is 9.90. The fourth-order valence-corrected chi connectivity index (χ4v) is 1.14. The second-order valence-corrected chi connectivity index (χ2v) is 4.36. The Kier molecular flexibility index (Phi) is 4.28. The molecule has 0 saturated heterocycles. The molecule has 1 atom stereocenters. The van der Waals surface area contributed by atoms with Crippen LogP contribution in [0.2, 0.25) is 0 Å². The summed E-state index contributed by atoms with van der Waals surface area (Å²) in [6, 6.07) is 1.41. The van der Waals surface area contributed by atoms with Gasteiger partial charge in [0.15, 0.2) is 0 Å². The van der Waals surface area contributed by atoms with Crippen molar-refractivity contribution in [1.29, 1.82) is 0 Å². The molecule has 16 heavy (non-hydrogen) atoms. The van der Waals surface area contributed by atoms with E-state index in [0.717, 1.165) is 0 Å². The number of rotatable bonds is 4. The molecule has 2 N–H and O–H groups in total. The lowest BCUT2D eigenvalue weighted by molar-refractivity contribution is 0.0944. The van der Waals surface area contributed by atoms with Crippen LogP contribution in [-0.4, -0.2) is 22.5 Å². The van der Waals surface area contributed by atoms with Crippen molar-refractivity contribution < 1.29 is 9.90 Å². The Labute approximate surface area is 95.7 Å². The number of nitrogens with zero attached hydrogens (tertiary/aromatic N) is 1. The molecule has 0 fully saturated rings. The maximum atomic E-state index is 11.7. The molecular weight excluding hydrogens is 204 g/mol. The molecule has 1 aromatic rings. The van der Waals surface area contributed by atoms with Gasteiger partial charge in [-0.3, -0.25) is 9.78 Å². The summed E-state index contributed by atoms with van der Waals surface area (Å²) < 4.78 is 0. The summed E-state index contributed by atoms with van der Waals surface area (Å²) in [6.07, 6.45) is 2.74. The van der Waals surface area contributed by atoms with Gasteiger partial charge in [-0.25, -0.2) is 0 Å². The predicted molar refractivity (Wildman–Crippen MR) is 62.2 cm³/mol. The molecule has 1 aromatic heterocycles. The predicted octanol–water partition coefficient (Wildman–Crippen LogP) is 1.81. The molecule has 1 amide bonds. The van der Waals surface area contributed by atoms with Crippen molar-refractivity contribution >= 4 is 5.91 Å². The first kappa shape index (κ1) is 12.5. The third-order valence-electron chi connectivity index (χ3n) is 2.71. The lowest BCUT2D eigenvalue weighted by Gasteiger charge is -2.15. The highest BCUT2D eigenvalue weighted by Crippen LogP contribution is 2.10. The number of hydrogen-bond donors (Lipinski definition) is 2. The fraction of sp³-hybridized carbons (Fsp3) is 0.500. The van der Waals surface area contributed by atoms with Gasteiger partial charge in [-0.05, 0) is 17.9 Å². The molecule has 88 valence electrons. The maximum absolute atomic E-state index is 11.7. The van der Waals surface area contributed by atoms with E-state index in [1.165, 1.54) is 18.5 Å². The van der Waals surface area contributed by atoms with E-state index in [-0.39, 0.29) is 11.7 Å². The molecule has 0 radical (unpaired) electrons. The molecule has 4 heteroatoms. The van der Waals surface area contributed by atoms with Crippen LogP contribution >= 0.6 is 0 Å². The monoisotopic (exact) mass is 222 g/mol. The number of amides is 1. The quantitative estimate of drug-likeness (QED) is 0.816. The number of carbonyl (C=O) groups is 1. The third kappa shape index (κ3) is 3.53. The Balaban J connectivity index is 2.53. The van der Waals surface area contributed by atoms with Gasteiger partial charge in [-0.15, -0.1) is 0 Å². The summed E-state index contributed by atoms with van der Waals surface area (Å²) in [5, 5.41) is 12.0. The van der Waals surface area contributed by atoms with Gasteiger partial charge in [-0.1, -0.05) is 20.8 Å². The SMILES string of the molecule is CC(C)C(C)CNC(=O)c1cncc(O)c1. The van der Waals surface area contributed by atoms with Crippen LogP contribution in [0.5, 0.6) is 5.75 Å². The second-order valence-electron chi connectivity index (χ2n) is 4.36. The smallest absolute Gasteiger partial charge is 0.252 e. The van der Waals surface area contributed by atoms with Crippen molar-refractivity contribution in [3.05, 3.63) is 24.0 Å². The van der Waals surface area contributed by atoms with Crippen molar-refractivity contribution in [2.24, 2.45) is 11.8 Å². The van der Waals surface area contributed by atoms with Crippen LogP contribution in [0.1, 0.15) is 31.1 Å². The van der Waals surface area contributed by atoms with E-state index in [2.05, 4.69) is 31.1 Å². The minimum absolute atomic E-state index is 0.00422. The van der Waals surface area contributed by atoms with Gasteiger partial charge in [0.25, 0.3) is 5.91 Å². The van der Waals surface area contributed by atoms with Crippen LogP contribution in [0, 0.1) is 11.8 Å². The molecule has 1 unspecified atom stereocenters. The van der Waals surface area contributed by atoms with Gasteiger partial charge in [0.1, 0.15) is 5.75 Å². The number of pyridine rings is 1. The van der Waals surface area contributed by atoms with E-state index < -0.39 is 0 Å². The highest BCUT2D eigenvalue weighted by Gasteiger charge is 2.10. The Morgan fingerprint density at radius 1 is 1.44 bits per heavy atom. The van der Waals surface area contributed by atoms with E-state index in [4.69, 9.17) is 0 Å². The standard InChI is InChI=1S/C12H18N2O2/c1-8(2)9(3)5-14-12(16)10-4-11(15)7-13-6-10/h4,6-9,15H,5H2,1-3H3,(H,14,16). The molecule has 0 saturated carbocycles. The topological polar surface area (TPSA) is 62.2 Å². The van der Waals surface area contributed by atoms with Crippen LogP contribution in [0.15, 0.2) is 18.5 Å². The van der Waals surface area contributed by atoms with Crippen LogP contribution in [0.3, 0.4) is 0 Å². The fourth-order valence-electron chi connectivity index (χ4n) is 1.14. The van der Waals surface area contributed by atoms with Crippen LogP contribution < -0.4 is 5.32 Å². The first-order chi connectivity index (χ1) is 7.50. The van der Waals surface area contributed by atoms with Gasteiger partial charge in [0, 0.05) is 12.7 Å². The minimum Gasteiger partial charge on any atom is -0.506 e. The molecular formula is C12H18N2O2. The molecule has 0 aromatic carbocycles. The molecule has 4 nitrogen and oxygen atoms in total. The summed E-state index contributed by atoms with van der Waals surface area (Å²) in [4.78, 5) is 15.4. The highest BCUT2D eigenvalue weighted by molar-refractivity contribution is 5.94. The summed E-state index contributed by atoms with van der Waals surface area (Å²) >= 11 is 0. The summed E-state index contributed by atoms with van der Waals surface area (Å²) in [5.74, 6) is 0.761. The largest absolute Gasteiger partial charge is 0.506 e. The molecule has 0 aliphatic heterocycles. The third-order valence-corrected chi connectivity index (χ3v) is 2.71. The van der Waals surface area contributed by atoms with E-state index >= 15 is 0 Å². The van der Waals surface area contributed by atoms with Gasteiger partial charge in [0.2, 0.25) is 0 Å². The number of nitrogens with one attached hydrogen (secondary N) is 1. The number of hydrogen-bond acceptors (Lipinski definition) is 3. The van der Waals surface area contributed by atoms with Gasteiger partial charge < -0.3 is 10.4 Å². The van der Waals surface area contributed by atoms with Crippen molar-refractivity contribution in [1.82, 2.24) is 10.3 Å². The molecule has 1 rings (SSSR count). The lowest BCUT2D eigenvalue weighted by Crippen LogP contribution is -2.30. The molecule has 0 aliphatic rings. The Morgan fingerprint density at radius 2 is 2.12 bits per heavy atom. The van der Waals surface area contributed by atoms with Crippen LogP contribution in [-0.2, 0) is 0 Å². The van der Waals surface area contributed by atoms with Crippen molar-refractivity contribution in [2.75, 3.05) is 6.54 Å². The van der Waals surface area contributed by atoms with Crippen LogP contribution in [0.25, 0.3) is 0 Å².